The maximum absolute atomic E-state index is 12.1. The first kappa shape index (κ1) is 16.9. The highest BCUT2D eigenvalue weighted by Crippen LogP contribution is 2.36. The van der Waals surface area contributed by atoms with Gasteiger partial charge in [0.15, 0.2) is 0 Å². The number of aromatic nitrogens is 1. The summed E-state index contributed by atoms with van der Waals surface area (Å²) in [5.41, 5.74) is 0.872. The number of benzene rings is 2. The van der Waals surface area contributed by atoms with Gasteiger partial charge in [-0.3, -0.25) is 0 Å². The zero-order valence-corrected chi connectivity index (χ0v) is 13.9. The number of nitrogens with zero attached hydrogens (tertiary/aromatic N) is 1. The molecule has 3 aromatic rings. The van der Waals surface area contributed by atoms with Gasteiger partial charge in [-0.15, -0.1) is 0 Å². The SMILES string of the molecule is Oc1c2c(Cl)cc(Cl)cc2cn1Cc1ccc(OCC(F)F)cc1. The molecule has 0 amide bonds. The Labute approximate surface area is 147 Å². The molecule has 0 fully saturated rings. The van der Waals surface area contributed by atoms with Crippen LogP contribution in [0.1, 0.15) is 5.56 Å². The predicted molar refractivity (Wildman–Crippen MR) is 90.7 cm³/mol. The lowest BCUT2D eigenvalue weighted by Gasteiger charge is -2.08. The van der Waals surface area contributed by atoms with Crippen LogP contribution in [0.5, 0.6) is 11.6 Å². The average Bonchev–Trinajstić information content (AvgIpc) is 2.82. The maximum atomic E-state index is 12.1. The summed E-state index contributed by atoms with van der Waals surface area (Å²) in [6.45, 7) is -0.244. The Morgan fingerprint density at radius 2 is 1.83 bits per heavy atom. The predicted octanol–water partition coefficient (Wildman–Crippen LogP) is 5.35. The van der Waals surface area contributed by atoms with E-state index in [1.54, 1.807) is 47.2 Å². The van der Waals surface area contributed by atoms with Crippen molar-refractivity contribution in [3.63, 3.8) is 0 Å². The highest BCUT2D eigenvalue weighted by atomic mass is 35.5. The van der Waals surface area contributed by atoms with Gasteiger partial charge in [0.1, 0.15) is 12.4 Å². The number of aromatic hydroxyl groups is 1. The van der Waals surface area contributed by atoms with Gasteiger partial charge in [-0.05, 0) is 29.8 Å². The van der Waals surface area contributed by atoms with Crippen LogP contribution < -0.4 is 4.74 Å². The van der Waals surface area contributed by atoms with E-state index in [9.17, 15) is 13.9 Å². The van der Waals surface area contributed by atoms with Crippen LogP contribution >= 0.6 is 23.2 Å². The molecule has 1 heterocycles. The number of alkyl halides is 2. The van der Waals surface area contributed by atoms with Gasteiger partial charge in [-0.1, -0.05) is 35.3 Å². The summed E-state index contributed by atoms with van der Waals surface area (Å²) in [5, 5.41) is 12.5. The lowest BCUT2D eigenvalue weighted by molar-refractivity contribution is 0.0819. The minimum atomic E-state index is -2.51. The number of fused-ring (bicyclic) bond motifs is 1. The standard InChI is InChI=1S/C17H13Cl2F2NO2/c18-12-5-11-8-22(17(23)16(11)14(19)6-12)7-10-1-3-13(4-2-10)24-9-15(20)21/h1-6,8,15,23H,7,9H2. The lowest BCUT2D eigenvalue weighted by Crippen LogP contribution is -2.07. The van der Waals surface area contributed by atoms with Crippen molar-refractivity contribution in [2.45, 2.75) is 13.0 Å². The highest BCUT2D eigenvalue weighted by Gasteiger charge is 2.13. The molecule has 0 saturated heterocycles. The summed E-state index contributed by atoms with van der Waals surface area (Å²) in [6, 6.07) is 10.0. The molecule has 24 heavy (non-hydrogen) atoms. The number of rotatable bonds is 5. The molecule has 0 radical (unpaired) electrons. The summed E-state index contributed by atoms with van der Waals surface area (Å²) in [6.07, 6.45) is -0.755. The van der Waals surface area contributed by atoms with E-state index in [1.807, 2.05) is 0 Å². The van der Waals surface area contributed by atoms with Crippen molar-refractivity contribution >= 4 is 34.0 Å². The molecule has 126 valence electrons. The Hall–Kier alpha value is -1.98. The fraction of sp³-hybridized carbons (Fsp3) is 0.176. The molecular weight excluding hydrogens is 359 g/mol. The monoisotopic (exact) mass is 371 g/mol. The Morgan fingerprint density at radius 1 is 1.12 bits per heavy atom. The molecule has 0 atom stereocenters. The van der Waals surface area contributed by atoms with E-state index in [4.69, 9.17) is 27.9 Å². The van der Waals surface area contributed by atoms with Crippen LogP contribution in [0.3, 0.4) is 0 Å². The molecule has 1 aromatic heterocycles. The molecule has 0 unspecified atom stereocenters. The summed E-state index contributed by atoms with van der Waals surface area (Å²) in [7, 11) is 0. The second-order valence-corrected chi connectivity index (χ2v) is 6.12. The van der Waals surface area contributed by atoms with Crippen LogP contribution in [0.4, 0.5) is 8.78 Å². The van der Waals surface area contributed by atoms with Crippen molar-refractivity contribution in [2.24, 2.45) is 0 Å². The van der Waals surface area contributed by atoms with E-state index in [-0.39, 0.29) is 5.88 Å². The van der Waals surface area contributed by atoms with Crippen LogP contribution in [0, 0.1) is 0 Å². The van der Waals surface area contributed by atoms with Crippen LogP contribution in [-0.4, -0.2) is 22.7 Å². The van der Waals surface area contributed by atoms with Crippen LogP contribution in [0.15, 0.2) is 42.6 Å². The number of hydrogen-bond acceptors (Lipinski definition) is 2. The fourth-order valence-electron chi connectivity index (χ4n) is 2.47. The summed E-state index contributed by atoms with van der Waals surface area (Å²) < 4.78 is 30.8. The Morgan fingerprint density at radius 3 is 2.50 bits per heavy atom. The summed E-state index contributed by atoms with van der Waals surface area (Å²) in [4.78, 5) is 0. The van der Waals surface area contributed by atoms with Crippen molar-refractivity contribution in [1.82, 2.24) is 4.57 Å². The fourth-order valence-corrected chi connectivity index (χ4v) is 3.07. The van der Waals surface area contributed by atoms with E-state index < -0.39 is 13.0 Å². The number of hydrogen-bond donors (Lipinski definition) is 1. The second-order valence-electron chi connectivity index (χ2n) is 5.28. The second kappa shape index (κ2) is 6.87. The first-order chi connectivity index (χ1) is 11.4. The van der Waals surface area contributed by atoms with Crippen LogP contribution in [-0.2, 0) is 6.54 Å². The maximum Gasteiger partial charge on any atom is 0.272 e. The first-order valence-corrected chi connectivity index (χ1v) is 7.86. The van der Waals surface area contributed by atoms with E-state index in [0.29, 0.717) is 27.7 Å². The molecule has 0 aliphatic heterocycles. The molecule has 3 rings (SSSR count). The summed E-state index contributed by atoms with van der Waals surface area (Å²) >= 11 is 12.1. The van der Waals surface area contributed by atoms with Gasteiger partial charge in [-0.2, -0.15) is 0 Å². The van der Waals surface area contributed by atoms with Crippen molar-refractivity contribution in [3.8, 4) is 11.6 Å². The lowest BCUT2D eigenvalue weighted by atomic mass is 10.2. The van der Waals surface area contributed by atoms with Crippen molar-refractivity contribution in [1.29, 1.82) is 0 Å². The average molecular weight is 372 g/mol. The smallest absolute Gasteiger partial charge is 0.272 e. The molecule has 2 aromatic carbocycles. The van der Waals surface area contributed by atoms with Gasteiger partial charge in [0.05, 0.1) is 17.0 Å². The topological polar surface area (TPSA) is 34.4 Å². The Bertz CT molecular complexity index is 863. The third kappa shape index (κ3) is 3.57. The van der Waals surface area contributed by atoms with Gasteiger partial charge in [0.2, 0.25) is 5.88 Å². The molecule has 1 N–H and O–H groups in total. The molecule has 0 aliphatic rings. The van der Waals surface area contributed by atoms with Gasteiger partial charge in [0.25, 0.3) is 6.43 Å². The van der Waals surface area contributed by atoms with Crippen molar-refractivity contribution < 1.29 is 18.6 Å². The zero-order valence-electron chi connectivity index (χ0n) is 12.3. The van der Waals surface area contributed by atoms with E-state index in [1.165, 1.54) is 0 Å². The number of halogens is 4. The van der Waals surface area contributed by atoms with Gasteiger partial charge in [0, 0.05) is 16.6 Å². The van der Waals surface area contributed by atoms with Crippen molar-refractivity contribution in [3.05, 3.63) is 58.2 Å². The first-order valence-electron chi connectivity index (χ1n) is 7.11. The molecule has 3 nitrogen and oxygen atoms in total. The Balaban J connectivity index is 1.82. The third-order valence-electron chi connectivity index (χ3n) is 3.53. The molecule has 7 heteroatoms. The molecule has 0 aliphatic carbocycles. The minimum absolute atomic E-state index is 0.0460. The van der Waals surface area contributed by atoms with Crippen LogP contribution in [0.25, 0.3) is 10.8 Å². The van der Waals surface area contributed by atoms with Crippen molar-refractivity contribution in [2.75, 3.05) is 6.61 Å². The normalized spacial score (nSPS) is 11.4. The minimum Gasteiger partial charge on any atom is -0.494 e. The Kier molecular flexibility index (Phi) is 4.83. The zero-order chi connectivity index (χ0) is 17.3. The molecular formula is C17H13Cl2F2NO2. The summed E-state index contributed by atoms with van der Waals surface area (Å²) in [5.74, 6) is 0.417. The largest absolute Gasteiger partial charge is 0.494 e. The molecule has 0 bridgehead atoms. The van der Waals surface area contributed by atoms with Gasteiger partial charge in [-0.25, -0.2) is 8.78 Å². The van der Waals surface area contributed by atoms with Gasteiger partial charge >= 0.3 is 0 Å². The molecule has 0 spiro atoms. The van der Waals surface area contributed by atoms with E-state index >= 15 is 0 Å². The quantitative estimate of drug-likeness (QED) is 0.656. The van der Waals surface area contributed by atoms with Gasteiger partial charge < -0.3 is 14.4 Å². The number of ether oxygens (including phenoxy) is 1. The van der Waals surface area contributed by atoms with E-state index in [0.717, 1.165) is 10.9 Å². The van der Waals surface area contributed by atoms with E-state index in [2.05, 4.69) is 0 Å². The highest BCUT2D eigenvalue weighted by molar-refractivity contribution is 6.39. The third-order valence-corrected chi connectivity index (χ3v) is 4.04. The van der Waals surface area contributed by atoms with Crippen LogP contribution in [0.2, 0.25) is 10.0 Å². The molecule has 0 saturated carbocycles.